The number of hydrogen-bond acceptors (Lipinski definition) is 5. The first kappa shape index (κ1) is 18.4. The topological polar surface area (TPSA) is 112 Å². The lowest BCUT2D eigenvalue weighted by molar-refractivity contribution is -0.147. The molecule has 1 saturated heterocycles. The molecule has 8 nitrogen and oxygen atoms in total. The van der Waals surface area contributed by atoms with Crippen LogP contribution in [0.2, 0.25) is 0 Å². The first-order valence-electron chi connectivity index (χ1n) is 8.57. The van der Waals surface area contributed by atoms with Crippen molar-refractivity contribution in [2.45, 2.75) is 18.5 Å². The van der Waals surface area contributed by atoms with Crippen molar-refractivity contribution in [1.29, 1.82) is 0 Å². The van der Waals surface area contributed by atoms with E-state index in [0.29, 0.717) is 11.4 Å². The third-order valence-electron chi connectivity index (χ3n) is 4.36. The highest BCUT2D eigenvalue weighted by molar-refractivity contribution is 5.94. The van der Waals surface area contributed by atoms with Crippen LogP contribution >= 0.6 is 0 Å². The molecule has 27 heavy (non-hydrogen) atoms. The number of anilines is 1. The van der Waals surface area contributed by atoms with Crippen molar-refractivity contribution in [2.24, 2.45) is 0 Å². The zero-order valence-electron chi connectivity index (χ0n) is 14.5. The van der Waals surface area contributed by atoms with E-state index >= 15 is 0 Å². The van der Waals surface area contributed by atoms with Gasteiger partial charge >= 0.3 is 5.97 Å². The van der Waals surface area contributed by atoms with Crippen molar-refractivity contribution in [3.63, 3.8) is 0 Å². The van der Waals surface area contributed by atoms with E-state index in [2.05, 4.69) is 15.6 Å². The lowest BCUT2D eigenvalue weighted by atomic mass is 10.1. The molecule has 1 aromatic heterocycles. The number of aromatic nitrogens is 1. The third kappa shape index (κ3) is 4.60. The Labute approximate surface area is 156 Å². The summed E-state index contributed by atoms with van der Waals surface area (Å²) in [5.74, 6) is -1.20. The van der Waals surface area contributed by atoms with Gasteiger partial charge in [0.2, 0.25) is 5.91 Å². The van der Waals surface area contributed by atoms with Crippen molar-refractivity contribution in [3.8, 4) is 0 Å². The van der Waals surface area contributed by atoms with Gasteiger partial charge < -0.3 is 20.6 Å². The molecule has 8 heteroatoms. The number of nitrogens with zero attached hydrogens (tertiary/aromatic N) is 2. The van der Waals surface area contributed by atoms with Gasteiger partial charge in [0.15, 0.2) is 0 Å². The van der Waals surface area contributed by atoms with E-state index in [0.717, 1.165) is 0 Å². The lowest BCUT2D eigenvalue weighted by Gasteiger charge is -2.21. The lowest BCUT2D eigenvalue weighted by Crippen LogP contribution is -2.44. The van der Waals surface area contributed by atoms with Gasteiger partial charge in [-0.1, -0.05) is 24.3 Å². The fourth-order valence-electron chi connectivity index (χ4n) is 3.04. The van der Waals surface area contributed by atoms with Gasteiger partial charge in [-0.05, 0) is 24.3 Å². The third-order valence-corrected chi connectivity index (χ3v) is 4.36. The Balaban J connectivity index is 1.61. The summed E-state index contributed by atoms with van der Waals surface area (Å²) in [7, 11) is 0. The number of carbonyl (C=O) groups is 3. The van der Waals surface area contributed by atoms with E-state index in [9.17, 15) is 19.5 Å². The van der Waals surface area contributed by atoms with E-state index in [1.807, 2.05) is 6.07 Å². The number of benzene rings is 1. The molecule has 2 aromatic rings. The van der Waals surface area contributed by atoms with Crippen LogP contribution in [0.3, 0.4) is 0 Å². The monoisotopic (exact) mass is 368 g/mol. The maximum Gasteiger partial charge on any atom is 0.326 e. The van der Waals surface area contributed by atoms with Gasteiger partial charge in [0.05, 0.1) is 6.54 Å². The summed E-state index contributed by atoms with van der Waals surface area (Å²) in [6, 6.07) is 12.5. The minimum atomic E-state index is -1.09. The maximum atomic E-state index is 12.5. The van der Waals surface area contributed by atoms with Crippen molar-refractivity contribution < 1.29 is 19.5 Å². The molecule has 2 amide bonds. The zero-order valence-corrected chi connectivity index (χ0v) is 14.5. The average molecular weight is 368 g/mol. The second kappa shape index (κ2) is 8.31. The van der Waals surface area contributed by atoms with Gasteiger partial charge in [-0.25, -0.2) is 9.78 Å². The van der Waals surface area contributed by atoms with Gasteiger partial charge in [-0.15, -0.1) is 0 Å². The molecule has 140 valence electrons. The van der Waals surface area contributed by atoms with E-state index in [1.54, 1.807) is 48.7 Å². The summed E-state index contributed by atoms with van der Waals surface area (Å²) < 4.78 is 0. The molecule has 0 bridgehead atoms. The quantitative estimate of drug-likeness (QED) is 0.701. The maximum absolute atomic E-state index is 12.5. The smallest absolute Gasteiger partial charge is 0.326 e. The Bertz CT molecular complexity index is 813. The van der Waals surface area contributed by atoms with Crippen molar-refractivity contribution in [3.05, 3.63) is 60.3 Å². The number of carbonyl (C=O) groups excluding carboxylic acids is 2. The number of hydrogen-bond donors (Lipinski definition) is 3. The normalized spacial score (nSPS) is 18.7. The summed E-state index contributed by atoms with van der Waals surface area (Å²) in [5, 5.41) is 15.1. The van der Waals surface area contributed by atoms with Crippen LogP contribution in [0.1, 0.15) is 16.8 Å². The minimum Gasteiger partial charge on any atom is -0.480 e. The van der Waals surface area contributed by atoms with E-state index < -0.39 is 18.1 Å². The molecule has 1 fully saturated rings. The predicted molar refractivity (Wildman–Crippen MR) is 98.2 cm³/mol. The van der Waals surface area contributed by atoms with Crippen LogP contribution in [0.4, 0.5) is 5.82 Å². The highest BCUT2D eigenvalue weighted by Gasteiger charge is 2.40. The summed E-state index contributed by atoms with van der Waals surface area (Å²) >= 11 is 0. The minimum absolute atomic E-state index is 0.0693. The summed E-state index contributed by atoms with van der Waals surface area (Å²) in [5.41, 5.74) is 0.492. The predicted octanol–water partition coefficient (Wildman–Crippen LogP) is 0.978. The van der Waals surface area contributed by atoms with Crippen LogP contribution in [-0.4, -0.2) is 57.9 Å². The van der Waals surface area contributed by atoms with Gasteiger partial charge in [-0.2, -0.15) is 0 Å². The molecule has 0 spiro atoms. The molecule has 1 aliphatic rings. The number of pyridine rings is 1. The van der Waals surface area contributed by atoms with Crippen LogP contribution in [-0.2, 0) is 9.59 Å². The van der Waals surface area contributed by atoms with E-state index in [1.165, 1.54) is 4.90 Å². The Morgan fingerprint density at radius 1 is 1.11 bits per heavy atom. The standard InChI is InChI=1S/C19H20N4O4/c24-17(11-21-16-8-4-5-9-20-16)23-12-14(10-15(23)19(26)27)22-18(25)13-6-2-1-3-7-13/h1-9,14-15H,10-12H2,(H,20,21)(H,22,25)(H,26,27). The molecule has 3 N–H and O–H groups in total. The summed E-state index contributed by atoms with van der Waals surface area (Å²) in [6.45, 7) is 0.0818. The number of nitrogens with one attached hydrogen (secondary N) is 2. The largest absolute Gasteiger partial charge is 0.480 e. The van der Waals surface area contributed by atoms with Gasteiger partial charge in [0, 0.05) is 30.8 Å². The Hall–Kier alpha value is -3.42. The Kier molecular flexibility index (Phi) is 5.65. The van der Waals surface area contributed by atoms with Crippen LogP contribution in [0.25, 0.3) is 0 Å². The second-order valence-corrected chi connectivity index (χ2v) is 6.24. The number of likely N-dealkylation sites (tertiary alicyclic amines) is 1. The molecule has 2 heterocycles. The Morgan fingerprint density at radius 3 is 2.52 bits per heavy atom. The first-order chi connectivity index (χ1) is 13.0. The fourth-order valence-corrected chi connectivity index (χ4v) is 3.04. The number of rotatable bonds is 6. The number of aliphatic carboxylic acids is 1. The molecule has 2 atom stereocenters. The Morgan fingerprint density at radius 2 is 1.85 bits per heavy atom. The number of carboxylic acid groups (broad SMARTS) is 1. The number of amides is 2. The van der Waals surface area contributed by atoms with Gasteiger partial charge in [-0.3, -0.25) is 9.59 Å². The molecular formula is C19H20N4O4. The average Bonchev–Trinajstić information content (AvgIpc) is 3.12. The molecule has 1 aliphatic heterocycles. The molecule has 0 saturated carbocycles. The molecule has 0 radical (unpaired) electrons. The highest BCUT2D eigenvalue weighted by atomic mass is 16.4. The second-order valence-electron chi connectivity index (χ2n) is 6.24. The first-order valence-corrected chi connectivity index (χ1v) is 8.57. The zero-order chi connectivity index (χ0) is 19.2. The fraction of sp³-hybridized carbons (Fsp3) is 0.263. The summed E-state index contributed by atoms with van der Waals surface area (Å²) in [4.78, 5) is 41.7. The molecule has 3 rings (SSSR count). The SMILES string of the molecule is O=C(NC1CC(C(=O)O)N(C(=O)CNc2ccccn2)C1)c1ccccc1. The van der Waals surface area contributed by atoms with Crippen LogP contribution in [0, 0.1) is 0 Å². The molecule has 1 aromatic carbocycles. The van der Waals surface area contributed by atoms with Crippen LogP contribution in [0.15, 0.2) is 54.7 Å². The van der Waals surface area contributed by atoms with Gasteiger partial charge in [0.1, 0.15) is 11.9 Å². The van der Waals surface area contributed by atoms with Crippen LogP contribution in [0.5, 0.6) is 0 Å². The van der Waals surface area contributed by atoms with Crippen LogP contribution < -0.4 is 10.6 Å². The van der Waals surface area contributed by atoms with Crippen molar-refractivity contribution in [2.75, 3.05) is 18.4 Å². The highest BCUT2D eigenvalue weighted by Crippen LogP contribution is 2.19. The van der Waals surface area contributed by atoms with E-state index in [-0.39, 0.29) is 31.3 Å². The molecule has 0 aliphatic carbocycles. The van der Waals surface area contributed by atoms with Gasteiger partial charge in [0.25, 0.3) is 5.91 Å². The van der Waals surface area contributed by atoms with Crippen molar-refractivity contribution in [1.82, 2.24) is 15.2 Å². The number of carboxylic acids is 1. The molecular weight excluding hydrogens is 348 g/mol. The van der Waals surface area contributed by atoms with Crippen molar-refractivity contribution >= 4 is 23.6 Å². The molecule has 2 unspecified atom stereocenters. The summed E-state index contributed by atoms with van der Waals surface area (Å²) in [6.07, 6.45) is 1.76. The van der Waals surface area contributed by atoms with E-state index in [4.69, 9.17) is 0 Å².